The number of ether oxygens (including phenoxy) is 1. The van der Waals surface area contributed by atoms with E-state index in [0.29, 0.717) is 5.76 Å². The number of aliphatic hydroxyl groups excluding tert-OH is 1. The van der Waals surface area contributed by atoms with Crippen LogP contribution >= 0.6 is 0 Å². The third kappa shape index (κ3) is 1.65. The molecule has 1 rings (SSSR count). The Morgan fingerprint density at radius 2 is 2.33 bits per heavy atom. The van der Waals surface area contributed by atoms with Crippen LogP contribution in [-0.4, -0.2) is 18.2 Å². The van der Waals surface area contributed by atoms with E-state index in [4.69, 9.17) is 9.52 Å². The molecule has 0 unspecified atom stereocenters. The lowest BCUT2D eigenvalue weighted by Gasteiger charge is -1.97. The molecule has 4 nitrogen and oxygen atoms in total. The molecule has 0 spiro atoms. The molecule has 1 aromatic heterocycles. The molecule has 0 aromatic carbocycles. The van der Waals surface area contributed by atoms with E-state index in [0.717, 1.165) is 0 Å². The van der Waals surface area contributed by atoms with Gasteiger partial charge in [-0.25, -0.2) is 4.79 Å². The average molecular weight is 170 g/mol. The maximum atomic E-state index is 10.9. The van der Waals surface area contributed by atoms with Crippen molar-refractivity contribution >= 4 is 5.97 Å². The Kier molecular flexibility index (Phi) is 2.50. The maximum absolute atomic E-state index is 10.9. The molecule has 0 aliphatic rings. The lowest BCUT2D eigenvalue weighted by Crippen LogP contribution is -1.98. The van der Waals surface area contributed by atoms with E-state index < -0.39 is 12.1 Å². The fourth-order valence-electron chi connectivity index (χ4n) is 0.788. The van der Waals surface area contributed by atoms with Gasteiger partial charge in [0.1, 0.15) is 11.9 Å². The first-order valence-corrected chi connectivity index (χ1v) is 3.51. The summed E-state index contributed by atoms with van der Waals surface area (Å²) in [6.45, 7) is 1.56. The molecule has 0 amide bonds. The van der Waals surface area contributed by atoms with Gasteiger partial charge < -0.3 is 14.3 Å². The Bertz CT molecular complexity index is 274. The monoisotopic (exact) mass is 170 g/mol. The first-order valence-electron chi connectivity index (χ1n) is 3.51. The summed E-state index contributed by atoms with van der Waals surface area (Å²) in [7, 11) is 1.27. The highest BCUT2D eigenvalue weighted by Crippen LogP contribution is 2.15. The molecule has 4 heteroatoms. The number of carbonyl (C=O) groups is 1. The summed E-state index contributed by atoms with van der Waals surface area (Å²) in [6, 6.07) is 3.00. The fourth-order valence-corrected chi connectivity index (χ4v) is 0.788. The van der Waals surface area contributed by atoms with Gasteiger partial charge >= 0.3 is 5.97 Å². The summed E-state index contributed by atoms with van der Waals surface area (Å²) < 4.78 is 9.39. The highest BCUT2D eigenvalue weighted by molar-refractivity contribution is 5.86. The van der Waals surface area contributed by atoms with Crippen molar-refractivity contribution in [2.24, 2.45) is 0 Å². The second kappa shape index (κ2) is 3.40. The summed E-state index contributed by atoms with van der Waals surface area (Å²) in [6.07, 6.45) is -0.705. The summed E-state index contributed by atoms with van der Waals surface area (Å²) >= 11 is 0. The van der Waals surface area contributed by atoms with Crippen LogP contribution < -0.4 is 0 Å². The fraction of sp³-hybridized carbons (Fsp3) is 0.375. The minimum atomic E-state index is -0.705. The first kappa shape index (κ1) is 8.80. The van der Waals surface area contributed by atoms with Gasteiger partial charge in [0.25, 0.3) is 0 Å². The zero-order valence-corrected chi connectivity index (χ0v) is 6.90. The highest BCUT2D eigenvalue weighted by Gasteiger charge is 2.12. The molecule has 0 radical (unpaired) electrons. The number of methoxy groups -OCH3 is 1. The molecular weight excluding hydrogens is 160 g/mol. The lowest BCUT2D eigenvalue weighted by molar-refractivity contribution is 0.0556. The van der Waals surface area contributed by atoms with Crippen molar-refractivity contribution in [2.75, 3.05) is 7.11 Å². The Balaban J connectivity index is 2.84. The van der Waals surface area contributed by atoms with Crippen LogP contribution in [0.3, 0.4) is 0 Å². The number of esters is 1. The number of carbonyl (C=O) groups excluding carboxylic acids is 1. The van der Waals surface area contributed by atoms with E-state index in [1.54, 1.807) is 6.92 Å². The van der Waals surface area contributed by atoms with E-state index >= 15 is 0 Å². The van der Waals surface area contributed by atoms with Crippen LogP contribution in [0.2, 0.25) is 0 Å². The van der Waals surface area contributed by atoms with Gasteiger partial charge in [0.05, 0.1) is 7.11 Å². The normalized spacial score (nSPS) is 12.6. The number of aliphatic hydroxyl groups is 1. The van der Waals surface area contributed by atoms with Gasteiger partial charge in [-0.15, -0.1) is 0 Å². The number of furan rings is 1. The van der Waals surface area contributed by atoms with Gasteiger partial charge in [-0.1, -0.05) is 0 Å². The molecule has 0 aliphatic carbocycles. The molecule has 1 heterocycles. The van der Waals surface area contributed by atoms with Crippen LogP contribution in [0.15, 0.2) is 16.5 Å². The summed E-state index contributed by atoms with van der Waals surface area (Å²) in [5.41, 5.74) is 0. The predicted molar refractivity (Wildman–Crippen MR) is 40.7 cm³/mol. The van der Waals surface area contributed by atoms with Crippen LogP contribution in [0.4, 0.5) is 0 Å². The van der Waals surface area contributed by atoms with Gasteiger partial charge in [-0.05, 0) is 19.1 Å². The molecule has 1 aromatic rings. The molecule has 0 aliphatic heterocycles. The predicted octanol–water partition coefficient (Wildman–Crippen LogP) is 1.12. The van der Waals surface area contributed by atoms with Crippen LogP contribution in [-0.2, 0) is 4.74 Å². The van der Waals surface area contributed by atoms with Gasteiger partial charge in [0, 0.05) is 0 Å². The second-order valence-electron chi connectivity index (χ2n) is 2.37. The molecule has 0 fully saturated rings. The molecule has 0 saturated carbocycles. The van der Waals surface area contributed by atoms with E-state index in [1.165, 1.54) is 19.2 Å². The quantitative estimate of drug-likeness (QED) is 0.675. The van der Waals surface area contributed by atoms with Crippen LogP contribution in [0.25, 0.3) is 0 Å². The van der Waals surface area contributed by atoms with Gasteiger partial charge in [-0.3, -0.25) is 0 Å². The molecule has 1 atom stereocenters. The van der Waals surface area contributed by atoms with Crippen molar-refractivity contribution < 1.29 is 19.1 Å². The molecule has 66 valence electrons. The summed E-state index contributed by atoms with van der Waals surface area (Å²) in [5, 5.41) is 9.05. The average Bonchev–Trinajstić information content (AvgIpc) is 2.51. The van der Waals surface area contributed by atoms with Crippen molar-refractivity contribution in [3.05, 3.63) is 23.7 Å². The molecule has 1 N–H and O–H groups in total. The highest BCUT2D eigenvalue weighted by atomic mass is 16.5. The van der Waals surface area contributed by atoms with Gasteiger partial charge in [0.2, 0.25) is 5.76 Å². The van der Waals surface area contributed by atoms with Crippen molar-refractivity contribution in [2.45, 2.75) is 13.0 Å². The Morgan fingerprint density at radius 3 is 2.75 bits per heavy atom. The zero-order chi connectivity index (χ0) is 9.14. The van der Waals surface area contributed by atoms with E-state index in [1.807, 2.05) is 0 Å². The molecule has 0 bridgehead atoms. The third-order valence-electron chi connectivity index (χ3n) is 1.43. The van der Waals surface area contributed by atoms with Gasteiger partial charge in [-0.2, -0.15) is 0 Å². The minimum Gasteiger partial charge on any atom is -0.463 e. The topological polar surface area (TPSA) is 59.7 Å². The van der Waals surface area contributed by atoms with Crippen LogP contribution in [0.5, 0.6) is 0 Å². The van der Waals surface area contributed by atoms with Crippen LogP contribution in [0.1, 0.15) is 29.3 Å². The molecule has 12 heavy (non-hydrogen) atoms. The smallest absolute Gasteiger partial charge is 0.373 e. The van der Waals surface area contributed by atoms with Crippen molar-refractivity contribution in [3.63, 3.8) is 0 Å². The molecular formula is C8H10O4. The third-order valence-corrected chi connectivity index (χ3v) is 1.43. The summed E-state index contributed by atoms with van der Waals surface area (Å²) in [5.74, 6) is -0.0781. The molecule has 0 saturated heterocycles. The second-order valence-corrected chi connectivity index (χ2v) is 2.37. The minimum absolute atomic E-state index is 0.105. The Hall–Kier alpha value is -1.29. The number of hydrogen-bond acceptors (Lipinski definition) is 4. The van der Waals surface area contributed by atoms with Crippen molar-refractivity contribution in [1.82, 2.24) is 0 Å². The van der Waals surface area contributed by atoms with Crippen LogP contribution in [0, 0.1) is 0 Å². The zero-order valence-electron chi connectivity index (χ0n) is 6.90. The van der Waals surface area contributed by atoms with Gasteiger partial charge in [0.15, 0.2) is 0 Å². The first-order chi connectivity index (χ1) is 5.65. The van der Waals surface area contributed by atoms with E-state index in [2.05, 4.69) is 4.74 Å². The van der Waals surface area contributed by atoms with Crippen molar-refractivity contribution in [3.8, 4) is 0 Å². The maximum Gasteiger partial charge on any atom is 0.373 e. The number of rotatable bonds is 2. The Morgan fingerprint density at radius 1 is 1.67 bits per heavy atom. The van der Waals surface area contributed by atoms with E-state index in [9.17, 15) is 4.79 Å². The largest absolute Gasteiger partial charge is 0.463 e. The summed E-state index contributed by atoms with van der Waals surface area (Å²) in [4.78, 5) is 10.9. The Labute approximate surface area is 69.8 Å². The van der Waals surface area contributed by atoms with E-state index in [-0.39, 0.29) is 5.76 Å². The lowest BCUT2D eigenvalue weighted by atomic mass is 10.3. The standard InChI is InChI=1S/C8H10O4/c1-5(9)6-3-4-7(12-6)8(10)11-2/h3-5,9H,1-2H3/t5-/m0/s1. The SMILES string of the molecule is COC(=O)c1ccc([C@H](C)O)o1. The number of hydrogen-bond donors (Lipinski definition) is 1. The van der Waals surface area contributed by atoms with Crippen molar-refractivity contribution in [1.29, 1.82) is 0 Å².